The van der Waals surface area contributed by atoms with Crippen LogP contribution < -0.4 is 14.8 Å². The van der Waals surface area contributed by atoms with Gasteiger partial charge in [-0.15, -0.1) is 11.3 Å². The molecule has 0 spiro atoms. The molecule has 1 aliphatic heterocycles. The van der Waals surface area contributed by atoms with E-state index >= 15 is 0 Å². The van der Waals surface area contributed by atoms with Gasteiger partial charge in [0.2, 0.25) is 5.91 Å². The number of nitrogens with one attached hydrogen (secondary N) is 1. The molecule has 0 bridgehead atoms. The van der Waals surface area contributed by atoms with Gasteiger partial charge < -0.3 is 15.0 Å². The number of rotatable bonds is 2. The highest BCUT2D eigenvalue weighted by Gasteiger charge is 2.15. The first kappa shape index (κ1) is 12.6. The molecule has 1 aromatic heterocycles. The van der Waals surface area contributed by atoms with Crippen LogP contribution in [0.3, 0.4) is 0 Å². The molecular weight excluding hydrogens is 256 g/mol. The lowest BCUT2D eigenvalue weighted by molar-refractivity contribution is -0.129. The summed E-state index contributed by atoms with van der Waals surface area (Å²) in [7, 11) is 0. The van der Waals surface area contributed by atoms with Gasteiger partial charge in [0.05, 0.1) is 0 Å². The minimum Gasteiger partial charge on any atom is -0.478 e. The van der Waals surface area contributed by atoms with E-state index in [1.165, 1.54) is 6.08 Å². The fraction of sp³-hybridized carbons (Fsp3) is 0.364. The number of likely N-dealkylation sites (tertiary alicyclic amines) is 1. The van der Waals surface area contributed by atoms with Crippen molar-refractivity contribution in [3.63, 3.8) is 0 Å². The number of H-pyrrole nitrogens is 1. The molecule has 18 heavy (non-hydrogen) atoms. The molecular formula is C11H12N2O4S. The van der Waals surface area contributed by atoms with Crippen molar-refractivity contribution in [2.24, 2.45) is 0 Å². The van der Waals surface area contributed by atoms with Gasteiger partial charge in [0.15, 0.2) is 0 Å². The SMILES string of the molecule is O=C(O)/C=c1/s/c(=C/C(=O)N2CCCC2)[nH]c1=O. The lowest BCUT2D eigenvalue weighted by atomic mass is 10.4. The fourth-order valence-electron chi connectivity index (χ4n) is 1.78. The fourth-order valence-corrected chi connectivity index (χ4v) is 2.62. The molecule has 2 heterocycles. The minimum atomic E-state index is -1.18. The first-order valence-corrected chi connectivity index (χ1v) is 6.32. The zero-order valence-electron chi connectivity index (χ0n) is 9.51. The third-order valence-corrected chi connectivity index (χ3v) is 3.57. The number of carbonyl (C=O) groups is 2. The van der Waals surface area contributed by atoms with Crippen LogP contribution in [0.2, 0.25) is 0 Å². The van der Waals surface area contributed by atoms with Crippen LogP contribution in [-0.4, -0.2) is 40.0 Å². The van der Waals surface area contributed by atoms with Crippen molar-refractivity contribution < 1.29 is 14.7 Å². The molecule has 1 saturated heterocycles. The van der Waals surface area contributed by atoms with E-state index in [1.807, 2.05) is 0 Å². The van der Waals surface area contributed by atoms with E-state index in [9.17, 15) is 14.4 Å². The number of nitrogens with zero attached hydrogens (tertiary/aromatic N) is 1. The Labute approximate surface area is 106 Å². The molecule has 0 aliphatic carbocycles. The normalized spacial score (nSPS) is 17.4. The Bertz CT molecular complexity index is 637. The van der Waals surface area contributed by atoms with Gasteiger partial charge in [-0.25, -0.2) is 4.79 Å². The van der Waals surface area contributed by atoms with Crippen molar-refractivity contribution in [3.05, 3.63) is 19.5 Å². The predicted octanol–water partition coefficient (Wildman–Crippen LogP) is -1.30. The summed E-state index contributed by atoms with van der Waals surface area (Å²) >= 11 is 0.967. The van der Waals surface area contributed by atoms with Crippen molar-refractivity contribution >= 4 is 35.4 Å². The lowest BCUT2D eigenvalue weighted by Gasteiger charge is -2.10. The maximum atomic E-state index is 11.8. The van der Waals surface area contributed by atoms with Crippen LogP contribution in [0.1, 0.15) is 12.8 Å². The Balaban J connectivity index is 2.31. The largest absolute Gasteiger partial charge is 0.478 e. The maximum Gasteiger partial charge on any atom is 0.329 e. The van der Waals surface area contributed by atoms with Crippen LogP contribution in [0.4, 0.5) is 0 Å². The number of amides is 1. The molecule has 0 atom stereocenters. The highest BCUT2D eigenvalue weighted by atomic mass is 32.1. The second-order valence-corrected chi connectivity index (χ2v) is 5.03. The summed E-state index contributed by atoms with van der Waals surface area (Å²) < 4.78 is 0.465. The monoisotopic (exact) mass is 268 g/mol. The average molecular weight is 268 g/mol. The van der Waals surface area contributed by atoms with Crippen molar-refractivity contribution in [1.29, 1.82) is 0 Å². The van der Waals surface area contributed by atoms with Crippen LogP contribution in [0.5, 0.6) is 0 Å². The summed E-state index contributed by atoms with van der Waals surface area (Å²) in [4.78, 5) is 37.8. The average Bonchev–Trinajstić information content (AvgIpc) is 2.89. The Kier molecular flexibility index (Phi) is 3.61. The van der Waals surface area contributed by atoms with E-state index in [2.05, 4.69) is 4.98 Å². The van der Waals surface area contributed by atoms with E-state index in [-0.39, 0.29) is 10.4 Å². The van der Waals surface area contributed by atoms with Crippen molar-refractivity contribution in [2.45, 2.75) is 12.8 Å². The molecule has 6 nitrogen and oxygen atoms in total. The van der Waals surface area contributed by atoms with Crippen LogP contribution in [0.15, 0.2) is 4.79 Å². The van der Waals surface area contributed by atoms with Gasteiger partial charge in [-0.2, -0.15) is 0 Å². The number of hydrogen-bond donors (Lipinski definition) is 2. The van der Waals surface area contributed by atoms with Crippen molar-refractivity contribution in [3.8, 4) is 0 Å². The molecule has 1 amide bonds. The standard InChI is InChI=1S/C11H12N2O4S/c14-9(13-3-1-2-4-13)6-8-12-11(17)7(18-8)5-10(15)16/h5-6H,1-4H2,(H,12,17)(H,15,16)/b7-5+,8-6+. The molecule has 2 N–H and O–H groups in total. The first-order valence-electron chi connectivity index (χ1n) is 5.50. The Hall–Kier alpha value is -1.89. The molecule has 96 valence electrons. The number of hydrogen-bond acceptors (Lipinski definition) is 4. The second kappa shape index (κ2) is 5.18. The summed E-state index contributed by atoms with van der Waals surface area (Å²) in [6, 6.07) is 0. The van der Waals surface area contributed by atoms with E-state index in [0.717, 1.165) is 43.3 Å². The number of aromatic nitrogens is 1. The van der Waals surface area contributed by atoms with E-state index in [1.54, 1.807) is 4.90 Å². The maximum absolute atomic E-state index is 11.8. The van der Waals surface area contributed by atoms with Crippen molar-refractivity contribution in [1.82, 2.24) is 9.88 Å². The third kappa shape index (κ3) is 2.86. The Morgan fingerprint density at radius 2 is 1.94 bits per heavy atom. The highest BCUT2D eigenvalue weighted by Crippen LogP contribution is 2.07. The summed E-state index contributed by atoms with van der Waals surface area (Å²) in [6.07, 6.45) is 4.18. The number of aromatic amines is 1. The molecule has 1 aliphatic rings. The minimum absolute atomic E-state index is 0.0861. The smallest absolute Gasteiger partial charge is 0.329 e. The zero-order chi connectivity index (χ0) is 13.1. The third-order valence-electron chi connectivity index (χ3n) is 2.61. The molecule has 2 rings (SSSR count). The van der Waals surface area contributed by atoms with Gasteiger partial charge in [-0.05, 0) is 12.8 Å². The molecule has 0 unspecified atom stereocenters. The Morgan fingerprint density at radius 3 is 2.56 bits per heavy atom. The number of carbonyl (C=O) groups excluding carboxylic acids is 1. The van der Waals surface area contributed by atoms with Gasteiger partial charge in [0.25, 0.3) is 5.56 Å². The molecule has 0 radical (unpaired) electrons. The van der Waals surface area contributed by atoms with Gasteiger partial charge in [-0.3, -0.25) is 9.59 Å². The van der Waals surface area contributed by atoms with Crippen molar-refractivity contribution in [2.75, 3.05) is 13.1 Å². The van der Waals surface area contributed by atoms with Gasteiger partial charge in [0, 0.05) is 25.2 Å². The van der Waals surface area contributed by atoms with Gasteiger partial charge >= 0.3 is 5.97 Å². The zero-order valence-corrected chi connectivity index (χ0v) is 10.3. The van der Waals surface area contributed by atoms with E-state index in [4.69, 9.17) is 5.11 Å². The topological polar surface area (TPSA) is 90.5 Å². The molecule has 0 aromatic carbocycles. The molecule has 1 aromatic rings. The first-order chi connectivity index (χ1) is 8.56. The summed E-state index contributed by atoms with van der Waals surface area (Å²) in [5, 5.41) is 8.57. The summed E-state index contributed by atoms with van der Waals surface area (Å²) in [5.41, 5.74) is -0.483. The molecule has 0 saturated carbocycles. The van der Waals surface area contributed by atoms with Gasteiger partial charge in [0.1, 0.15) is 9.20 Å². The van der Waals surface area contributed by atoms with Crippen LogP contribution in [0, 0.1) is 0 Å². The van der Waals surface area contributed by atoms with Crippen LogP contribution >= 0.6 is 11.3 Å². The van der Waals surface area contributed by atoms with Crippen LogP contribution in [-0.2, 0) is 9.59 Å². The number of aliphatic carboxylic acids is 1. The quantitative estimate of drug-likeness (QED) is 0.698. The molecule has 1 fully saturated rings. The molecule has 7 heteroatoms. The van der Waals surface area contributed by atoms with Gasteiger partial charge in [-0.1, -0.05) is 0 Å². The number of carboxylic acids is 1. The van der Waals surface area contributed by atoms with Crippen LogP contribution in [0.25, 0.3) is 12.2 Å². The number of carboxylic acid groups (broad SMARTS) is 1. The summed E-state index contributed by atoms with van der Waals surface area (Å²) in [6.45, 7) is 1.47. The van der Waals surface area contributed by atoms with E-state index < -0.39 is 11.5 Å². The van der Waals surface area contributed by atoms with E-state index in [0.29, 0.717) is 4.66 Å². The predicted molar refractivity (Wildman–Crippen MR) is 66.6 cm³/mol. The summed E-state index contributed by atoms with van der Waals surface area (Å²) in [5.74, 6) is -1.33. The lowest BCUT2D eigenvalue weighted by Crippen LogP contribution is -2.27. The number of thiazole rings is 1. The Morgan fingerprint density at radius 1 is 1.28 bits per heavy atom. The highest BCUT2D eigenvalue weighted by molar-refractivity contribution is 7.07. The second-order valence-electron chi connectivity index (χ2n) is 3.94.